The summed E-state index contributed by atoms with van der Waals surface area (Å²) < 4.78 is 18.8. The van der Waals surface area contributed by atoms with Gasteiger partial charge in [-0.3, -0.25) is 4.79 Å². The highest BCUT2D eigenvalue weighted by Crippen LogP contribution is 2.31. The molecule has 7 heteroatoms. The molecule has 0 atom stereocenters. The van der Waals surface area contributed by atoms with Crippen LogP contribution in [-0.4, -0.2) is 11.1 Å². The molecule has 1 aromatic heterocycles. The maximum Gasteiger partial charge on any atom is 0.264 e. The van der Waals surface area contributed by atoms with E-state index in [-0.39, 0.29) is 11.7 Å². The molecule has 140 valence electrons. The van der Waals surface area contributed by atoms with Crippen molar-refractivity contribution in [3.05, 3.63) is 81.7 Å². The zero-order valence-electron chi connectivity index (χ0n) is 14.7. The third-order valence-electron chi connectivity index (χ3n) is 4.07. The van der Waals surface area contributed by atoms with Crippen molar-refractivity contribution in [2.45, 2.75) is 6.92 Å². The van der Waals surface area contributed by atoms with Crippen molar-refractivity contribution in [3.63, 3.8) is 0 Å². The Kier molecular flexibility index (Phi) is 5.07. The quantitative estimate of drug-likeness (QED) is 0.541. The molecule has 2 aromatic carbocycles. The number of rotatable bonds is 3. The van der Waals surface area contributed by atoms with Crippen LogP contribution in [0.5, 0.6) is 0 Å². The summed E-state index contributed by atoms with van der Waals surface area (Å²) in [5.41, 5.74) is 2.42. The van der Waals surface area contributed by atoms with Gasteiger partial charge in [-0.15, -0.1) is 0 Å². The standard InChI is InChI=1S/C21H14ClFN2O2S/c1-12-2-5-14(22)10-17(12)24-21-25-20(26)19(28-21)11-16-8-9-18(27-16)13-3-6-15(23)7-4-13/h2-11H,1H3,(H,24,25,26)/b19-11-. The maximum absolute atomic E-state index is 13.1. The predicted octanol–water partition coefficient (Wildman–Crippen LogP) is 5.94. The zero-order chi connectivity index (χ0) is 19.7. The maximum atomic E-state index is 13.1. The van der Waals surface area contributed by atoms with Gasteiger partial charge in [0.2, 0.25) is 0 Å². The number of amides is 1. The van der Waals surface area contributed by atoms with Gasteiger partial charge in [0.25, 0.3) is 5.91 Å². The number of aliphatic imine (C=N–C) groups is 1. The van der Waals surface area contributed by atoms with Gasteiger partial charge in [-0.1, -0.05) is 17.7 Å². The lowest BCUT2D eigenvalue weighted by Crippen LogP contribution is -2.19. The molecule has 1 saturated heterocycles. The monoisotopic (exact) mass is 412 g/mol. The van der Waals surface area contributed by atoms with Crippen molar-refractivity contribution < 1.29 is 13.6 Å². The molecule has 0 saturated carbocycles. The van der Waals surface area contributed by atoms with Crippen LogP contribution in [0.4, 0.5) is 10.1 Å². The number of nitrogens with zero attached hydrogens (tertiary/aromatic N) is 1. The molecule has 1 amide bonds. The van der Waals surface area contributed by atoms with Gasteiger partial charge in [-0.25, -0.2) is 9.38 Å². The van der Waals surface area contributed by atoms with Crippen LogP contribution in [0, 0.1) is 12.7 Å². The predicted molar refractivity (Wildman–Crippen MR) is 111 cm³/mol. The molecule has 1 fully saturated rings. The van der Waals surface area contributed by atoms with E-state index in [1.807, 2.05) is 13.0 Å². The summed E-state index contributed by atoms with van der Waals surface area (Å²) in [5, 5.41) is 3.80. The summed E-state index contributed by atoms with van der Waals surface area (Å²) in [6, 6.07) is 15.0. The Morgan fingerprint density at radius 3 is 2.71 bits per heavy atom. The van der Waals surface area contributed by atoms with Crippen LogP contribution in [-0.2, 0) is 4.79 Å². The summed E-state index contributed by atoms with van der Waals surface area (Å²) in [7, 11) is 0. The van der Waals surface area contributed by atoms with Crippen molar-refractivity contribution >= 4 is 46.2 Å². The molecule has 0 radical (unpaired) electrons. The zero-order valence-corrected chi connectivity index (χ0v) is 16.3. The number of amidine groups is 1. The Morgan fingerprint density at radius 1 is 1.14 bits per heavy atom. The molecule has 0 bridgehead atoms. The summed E-state index contributed by atoms with van der Waals surface area (Å²) in [6.45, 7) is 1.92. The van der Waals surface area contributed by atoms with Crippen molar-refractivity contribution in [2.75, 3.05) is 0 Å². The molecule has 0 spiro atoms. The van der Waals surface area contributed by atoms with Gasteiger partial charge in [-0.2, -0.15) is 0 Å². The van der Waals surface area contributed by atoms with Crippen LogP contribution in [0.2, 0.25) is 5.02 Å². The van der Waals surface area contributed by atoms with E-state index in [0.29, 0.717) is 32.3 Å². The Labute approximate surface area is 170 Å². The molecule has 1 aliphatic heterocycles. The molecule has 4 nitrogen and oxygen atoms in total. The summed E-state index contributed by atoms with van der Waals surface area (Å²) in [6.07, 6.45) is 1.65. The van der Waals surface area contributed by atoms with Gasteiger partial charge in [0, 0.05) is 16.7 Å². The van der Waals surface area contributed by atoms with E-state index in [4.69, 9.17) is 16.0 Å². The molecule has 1 N–H and O–H groups in total. The third-order valence-corrected chi connectivity index (χ3v) is 5.22. The normalized spacial score (nSPS) is 16.8. The molecule has 4 rings (SSSR count). The van der Waals surface area contributed by atoms with E-state index >= 15 is 0 Å². The molecule has 0 aliphatic carbocycles. The van der Waals surface area contributed by atoms with E-state index < -0.39 is 0 Å². The lowest BCUT2D eigenvalue weighted by molar-refractivity contribution is -0.115. The van der Waals surface area contributed by atoms with E-state index in [1.165, 1.54) is 23.9 Å². The first-order valence-electron chi connectivity index (χ1n) is 8.39. The molecule has 2 heterocycles. The Hall–Kier alpha value is -2.83. The average Bonchev–Trinajstić information content (AvgIpc) is 3.26. The largest absolute Gasteiger partial charge is 0.457 e. The fourth-order valence-electron chi connectivity index (χ4n) is 2.62. The number of hydrogen-bond acceptors (Lipinski definition) is 4. The highest BCUT2D eigenvalue weighted by molar-refractivity contribution is 8.18. The highest BCUT2D eigenvalue weighted by atomic mass is 35.5. The second-order valence-electron chi connectivity index (χ2n) is 6.12. The van der Waals surface area contributed by atoms with E-state index in [1.54, 1.807) is 42.5 Å². The summed E-state index contributed by atoms with van der Waals surface area (Å²) in [5.74, 6) is 0.567. The third kappa shape index (κ3) is 4.03. The number of furan rings is 1. The van der Waals surface area contributed by atoms with Gasteiger partial charge in [0.05, 0.1) is 10.6 Å². The summed E-state index contributed by atoms with van der Waals surface area (Å²) >= 11 is 7.25. The fourth-order valence-corrected chi connectivity index (χ4v) is 3.60. The van der Waals surface area contributed by atoms with Gasteiger partial charge in [-0.05, 0) is 72.8 Å². The number of thioether (sulfide) groups is 1. The van der Waals surface area contributed by atoms with Gasteiger partial charge >= 0.3 is 0 Å². The number of benzene rings is 2. The molecule has 1 aliphatic rings. The van der Waals surface area contributed by atoms with Crippen molar-refractivity contribution in [2.24, 2.45) is 4.99 Å². The average molecular weight is 413 g/mol. The van der Waals surface area contributed by atoms with Crippen molar-refractivity contribution in [3.8, 4) is 11.3 Å². The molecule has 0 unspecified atom stereocenters. The fraction of sp³-hybridized carbons (Fsp3) is 0.0476. The van der Waals surface area contributed by atoms with E-state index in [0.717, 1.165) is 11.1 Å². The number of hydrogen-bond donors (Lipinski definition) is 1. The SMILES string of the molecule is Cc1ccc(Cl)cc1N=C1NC(=O)/C(=C/c2ccc(-c3ccc(F)cc3)o2)S1. The Balaban J connectivity index is 1.56. The minimum atomic E-state index is -0.307. The van der Waals surface area contributed by atoms with Crippen LogP contribution < -0.4 is 5.32 Å². The Morgan fingerprint density at radius 2 is 1.93 bits per heavy atom. The van der Waals surface area contributed by atoms with Gasteiger partial charge in [0.1, 0.15) is 17.3 Å². The molecular formula is C21H14ClFN2O2S. The first kappa shape index (κ1) is 18.5. The van der Waals surface area contributed by atoms with E-state index in [9.17, 15) is 9.18 Å². The van der Waals surface area contributed by atoms with Crippen molar-refractivity contribution in [1.29, 1.82) is 0 Å². The van der Waals surface area contributed by atoms with Gasteiger partial charge in [0.15, 0.2) is 5.17 Å². The van der Waals surface area contributed by atoms with Crippen LogP contribution in [0.25, 0.3) is 17.4 Å². The van der Waals surface area contributed by atoms with Crippen molar-refractivity contribution in [1.82, 2.24) is 5.32 Å². The van der Waals surface area contributed by atoms with Crippen LogP contribution in [0.1, 0.15) is 11.3 Å². The number of carbonyl (C=O) groups is 1. The van der Waals surface area contributed by atoms with Crippen LogP contribution >= 0.6 is 23.4 Å². The molecular weight excluding hydrogens is 399 g/mol. The topological polar surface area (TPSA) is 54.6 Å². The van der Waals surface area contributed by atoms with Crippen LogP contribution in [0.3, 0.4) is 0 Å². The van der Waals surface area contributed by atoms with E-state index in [2.05, 4.69) is 10.3 Å². The number of halogens is 2. The number of nitrogens with one attached hydrogen (secondary N) is 1. The lowest BCUT2D eigenvalue weighted by atomic mass is 10.2. The Bertz CT molecular complexity index is 1120. The lowest BCUT2D eigenvalue weighted by Gasteiger charge is -2.01. The minimum Gasteiger partial charge on any atom is -0.457 e. The first-order valence-corrected chi connectivity index (χ1v) is 9.59. The molecule has 3 aromatic rings. The first-order chi connectivity index (χ1) is 13.5. The second kappa shape index (κ2) is 7.66. The second-order valence-corrected chi connectivity index (χ2v) is 7.59. The molecule has 28 heavy (non-hydrogen) atoms. The highest BCUT2D eigenvalue weighted by Gasteiger charge is 2.24. The minimum absolute atomic E-state index is 0.247. The smallest absolute Gasteiger partial charge is 0.264 e. The summed E-state index contributed by atoms with van der Waals surface area (Å²) in [4.78, 5) is 17.2. The van der Waals surface area contributed by atoms with Gasteiger partial charge < -0.3 is 9.73 Å². The van der Waals surface area contributed by atoms with Crippen LogP contribution in [0.15, 0.2) is 68.9 Å². The number of aryl methyl sites for hydroxylation is 1. The number of carbonyl (C=O) groups excluding carboxylic acids is 1.